The Morgan fingerprint density at radius 1 is 1.13 bits per heavy atom. The summed E-state index contributed by atoms with van der Waals surface area (Å²) in [4.78, 5) is 4.24. The Balaban J connectivity index is 1.97. The molecule has 0 bridgehead atoms. The van der Waals surface area contributed by atoms with E-state index < -0.39 is 11.3 Å². The van der Waals surface area contributed by atoms with Crippen LogP contribution in [-0.4, -0.2) is 13.7 Å². The summed E-state index contributed by atoms with van der Waals surface area (Å²) in [6.45, 7) is 1.93. The minimum Gasteiger partial charge on any atom is -0.755 e. The van der Waals surface area contributed by atoms with Crippen LogP contribution in [0.3, 0.4) is 0 Å². The van der Waals surface area contributed by atoms with Crippen LogP contribution >= 0.6 is 11.3 Å². The Morgan fingerprint density at radius 3 is 2.39 bits per heavy atom. The molecule has 0 saturated heterocycles. The molecule has 4 nitrogen and oxygen atoms in total. The maximum absolute atomic E-state index is 13.0. The third-order valence-corrected chi connectivity index (χ3v) is 5.06. The minimum absolute atomic E-state index is 0.326. The average Bonchev–Trinajstić information content (AvgIpc) is 2.99. The normalized spacial score (nSPS) is 12.1. The van der Waals surface area contributed by atoms with Crippen molar-refractivity contribution in [3.8, 4) is 10.6 Å². The third kappa shape index (κ3) is 3.47. The summed E-state index contributed by atoms with van der Waals surface area (Å²) < 4.78 is 37.4. The zero-order valence-electron chi connectivity index (χ0n) is 12.1. The molecule has 3 aromatic rings. The minimum atomic E-state index is -2.46. The van der Waals surface area contributed by atoms with Gasteiger partial charge >= 0.3 is 0 Å². The first-order valence-electron chi connectivity index (χ1n) is 6.72. The van der Waals surface area contributed by atoms with Crippen molar-refractivity contribution in [2.75, 3.05) is 4.31 Å². The summed E-state index contributed by atoms with van der Waals surface area (Å²) in [6, 6.07) is 13.1. The number of halogens is 1. The first-order chi connectivity index (χ1) is 11.0. The topological polar surface area (TPSA) is 56.3 Å². The predicted octanol–water partition coefficient (Wildman–Crippen LogP) is 4.19. The molecule has 0 fully saturated rings. The summed E-state index contributed by atoms with van der Waals surface area (Å²) >= 11 is -1.24. The molecule has 0 amide bonds. The first kappa shape index (κ1) is 15.8. The van der Waals surface area contributed by atoms with Crippen LogP contribution in [-0.2, 0) is 11.3 Å². The van der Waals surface area contributed by atoms with Crippen LogP contribution in [0.4, 0.5) is 15.1 Å². The van der Waals surface area contributed by atoms with Crippen LogP contribution in [0.15, 0.2) is 54.7 Å². The number of aromatic nitrogens is 1. The molecule has 0 aliphatic carbocycles. The molecular formula is C16H12FN2O2S2-. The van der Waals surface area contributed by atoms with Gasteiger partial charge in [0.15, 0.2) is 0 Å². The van der Waals surface area contributed by atoms with E-state index in [-0.39, 0.29) is 5.82 Å². The Kier molecular flexibility index (Phi) is 4.51. The highest BCUT2D eigenvalue weighted by Crippen LogP contribution is 2.35. The van der Waals surface area contributed by atoms with Crippen LogP contribution in [0, 0.1) is 12.7 Å². The van der Waals surface area contributed by atoms with Gasteiger partial charge in [0.1, 0.15) is 15.8 Å². The number of thiazole rings is 1. The van der Waals surface area contributed by atoms with Gasteiger partial charge in [0.2, 0.25) is 0 Å². The van der Waals surface area contributed by atoms with Gasteiger partial charge in [0, 0.05) is 5.56 Å². The van der Waals surface area contributed by atoms with E-state index in [1.807, 2.05) is 19.1 Å². The molecule has 0 saturated carbocycles. The molecule has 0 radical (unpaired) electrons. The number of hydrogen-bond acceptors (Lipinski definition) is 4. The zero-order chi connectivity index (χ0) is 16.4. The number of anilines is 2. The van der Waals surface area contributed by atoms with Gasteiger partial charge in [-0.2, -0.15) is 0 Å². The highest BCUT2D eigenvalue weighted by atomic mass is 32.2. The quantitative estimate of drug-likeness (QED) is 0.665. The van der Waals surface area contributed by atoms with Crippen molar-refractivity contribution in [3.05, 3.63) is 66.1 Å². The molecule has 1 atom stereocenters. The van der Waals surface area contributed by atoms with Crippen molar-refractivity contribution in [2.24, 2.45) is 0 Å². The lowest BCUT2D eigenvalue weighted by Gasteiger charge is -2.24. The highest BCUT2D eigenvalue weighted by molar-refractivity contribution is 7.81. The Labute approximate surface area is 139 Å². The van der Waals surface area contributed by atoms with E-state index in [9.17, 15) is 13.2 Å². The third-order valence-electron chi connectivity index (χ3n) is 3.20. The summed E-state index contributed by atoms with van der Waals surface area (Å²) in [6.07, 6.45) is 1.50. The molecule has 3 rings (SSSR count). The smallest absolute Gasteiger partial charge is 0.127 e. The molecule has 1 aromatic heterocycles. The fourth-order valence-electron chi connectivity index (χ4n) is 2.05. The maximum Gasteiger partial charge on any atom is 0.127 e. The fourth-order valence-corrected chi connectivity index (χ4v) is 3.69. The standard InChI is InChI=1S/C16H13FN2O2S2/c1-11-2-8-14(9-3-11)19(23(20)21)15-10-18-16(22-15)12-4-6-13(17)7-5-12/h2-10H,1H3,(H,20,21)/p-1. The van der Waals surface area contributed by atoms with Crippen LogP contribution in [0.5, 0.6) is 0 Å². The molecule has 0 aliphatic rings. The van der Waals surface area contributed by atoms with Crippen molar-refractivity contribution in [2.45, 2.75) is 6.92 Å². The van der Waals surface area contributed by atoms with Gasteiger partial charge in [0.05, 0.1) is 23.2 Å². The number of aryl methyl sites for hydroxylation is 1. The van der Waals surface area contributed by atoms with E-state index in [2.05, 4.69) is 4.98 Å². The zero-order valence-corrected chi connectivity index (χ0v) is 13.7. The van der Waals surface area contributed by atoms with Gasteiger partial charge in [-0.05, 0) is 43.3 Å². The van der Waals surface area contributed by atoms with Gasteiger partial charge in [0.25, 0.3) is 0 Å². The number of nitrogens with zero attached hydrogens (tertiary/aromatic N) is 2. The molecule has 118 valence electrons. The molecular weight excluding hydrogens is 335 g/mol. The van der Waals surface area contributed by atoms with Crippen molar-refractivity contribution in [1.29, 1.82) is 0 Å². The molecule has 0 N–H and O–H groups in total. The summed E-state index contributed by atoms with van der Waals surface area (Å²) in [5, 5.41) is 1.10. The molecule has 2 aromatic carbocycles. The number of rotatable bonds is 4. The van der Waals surface area contributed by atoms with E-state index in [0.717, 1.165) is 11.1 Å². The average molecular weight is 347 g/mol. The van der Waals surface area contributed by atoms with E-state index >= 15 is 0 Å². The molecule has 1 heterocycles. The second-order valence-corrected chi connectivity index (χ2v) is 6.67. The Morgan fingerprint density at radius 2 is 1.78 bits per heavy atom. The number of hydrogen-bond donors (Lipinski definition) is 0. The van der Waals surface area contributed by atoms with Crippen LogP contribution < -0.4 is 4.31 Å². The van der Waals surface area contributed by atoms with Gasteiger partial charge < -0.3 is 4.55 Å². The lowest BCUT2D eigenvalue weighted by molar-refractivity contribution is 0.537. The second kappa shape index (κ2) is 6.57. The van der Waals surface area contributed by atoms with Gasteiger partial charge in [-0.25, -0.2) is 9.37 Å². The van der Waals surface area contributed by atoms with Crippen LogP contribution in [0.2, 0.25) is 0 Å². The van der Waals surface area contributed by atoms with E-state index in [4.69, 9.17) is 0 Å². The lowest BCUT2D eigenvalue weighted by Crippen LogP contribution is -2.18. The van der Waals surface area contributed by atoms with Gasteiger partial charge in [-0.1, -0.05) is 29.0 Å². The SMILES string of the molecule is Cc1ccc(N(c2cnc(-c3ccc(F)cc3)s2)S(=O)[O-])cc1. The molecule has 1 unspecified atom stereocenters. The van der Waals surface area contributed by atoms with Crippen LogP contribution in [0.25, 0.3) is 10.6 Å². The van der Waals surface area contributed by atoms with Crippen molar-refractivity contribution < 1.29 is 13.2 Å². The molecule has 23 heavy (non-hydrogen) atoms. The molecule has 7 heteroatoms. The molecule has 0 aliphatic heterocycles. The number of benzene rings is 2. The molecule has 0 spiro atoms. The van der Waals surface area contributed by atoms with Gasteiger partial charge in [-0.3, -0.25) is 8.51 Å². The van der Waals surface area contributed by atoms with Crippen molar-refractivity contribution in [1.82, 2.24) is 4.98 Å². The second-order valence-electron chi connectivity index (χ2n) is 4.86. The first-order valence-corrected chi connectivity index (χ1v) is 8.57. The van der Waals surface area contributed by atoms with Crippen LogP contribution in [0.1, 0.15) is 5.56 Å². The summed E-state index contributed by atoms with van der Waals surface area (Å²) in [5.74, 6) is -0.326. The van der Waals surface area contributed by atoms with Crippen molar-refractivity contribution in [3.63, 3.8) is 0 Å². The van der Waals surface area contributed by atoms with Gasteiger partial charge in [-0.15, -0.1) is 0 Å². The summed E-state index contributed by atoms with van der Waals surface area (Å²) in [7, 11) is 0. The fraction of sp³-hybridized carbons (Fsp3) is 0.0625. The summed E-state index contributed by atoms with van der Waals surface area (Å²) in [5.41, 5.74) is 2.32. The van der Waals surface area contributed by atoms with E-state index in [1.165, 1.54) is 34.0 Å². The van der Waals surface area contributed by atoms with E-state index in [0.29, 0.717) is 15.7 Å². The highest BCUT2D eigenvalue weighted by Gasteiger charge is 2.14. The monoisotopic (exact) mass is 347 g/mol. The Bertz CT molecular complexity index is 832. The lowest BCUT2D eigenvalue weighted by atomic mass is 10.2. The largest absolute Gasteiger partial charge is 0.755 e. The Hall–Kier alpha value is -2.09. The predicted molar refractivity (Wildman–Crippen MR) is 89.7 cm³/mol. The van der Waals surface area contributed by atoms with E-state index in [1.54, 1.807) is 24.3 Å². The maximum atomic E-state index is 13.0. The van der Waals surface area contributed by atoms with Crippen molar-refractivity contribution >= 4 is 33.3 Å².